The van der Waals surface area contributed by atoms with Crippen molar-refractivity contribution in [2.75, 3.05) is 13.2 Å². The van der Waals surface area contributed by atoms with Gasteiger partial charge in [-0.25, -0.2) is 0 Å². The molecular formula is C17H21NO2. The maximum Gasteiger partial charge on any atom is 0.251 e. The molecule has 1 amide bonds. The van der Waals surface area contributed by atoms with E-state index in [9.17, 15) is 4.79 Å². The second kappa shape index (κ2) is 7.12. The lowest BCUT2D eigenvalue weighted by Crippen LogP contribution is -2.28. The summed E-state index contributed by atoms with van der Waals surface area (Å²) in [5, 5.41) is 11.7. The van der Waals surface area contributed by atoms with Crippen LogP contribution in [0.2, 0.25) is 0 Å². The highest BCUT2D eigenvalue weighted by molar-refractivity contribution is 5.96. The van der Waals surface area contributed by atoms with Gasteiger partial charge in [-0.2, -0.15) is 0 Å². The highest BCUT2D eigenvalue weighted by Crippen LogP contribution is 2.23. The second-order valence-electron chi connectivity index (χ2n) is 5.35. The second-order valence-corrected chi connectivity index (χ2v) is 5.35. The van der Waals surface area contributed by atoms with Gasteiger partial charge in [-0.15, -0.1) is 0 Å². The van der Waals surface area contributed by atoms with Gasteiger partial charge in [-0.05, 0) is 43.4 Å². The van der Waals surface area contributed by atoms with E-state index in [0.29, 0.717) is 11.5 Å². The van der Waals surface area contributed by atoms with Gasteiger partial charge in [0, 0.05) is 17.7 Å². The number of aliphatic hydroxyl groups excluding tert-OH is 1. The van der Waals surface area contributed by atoms with Crippen LogP contribution in [0, 0.1) is 24.7 Å². The number of carbonyl (C=O) groups excluding carboxylic acids is 1. The number of hydrogen-bond donors (Lipinski definition) is 2. The van der Waals surface area contributed by atoms with Crippen LogP contribution in [0.15, 0.2) is 18.2 Å². The molecule has 0 heterocycles. The molecule has 20 heavy (non-hydrogen) atoms. The Labute approximate surface area is 120 Å². The Morgan fingerprint density at radius 1 is 1.40 bits per heavy atom. The zero-order valence-electron chi connectivity index (χ0n) is 11.9. The average molecular weight is 271 g/mol. The number of carbonyl (C=O) groups is 1. The van der Waals surface area contributed by atoms with Crippen LogP contribution in [0.5, 0.6) is 0 Å². The van der Waals surface area contributed by atoms with Crippen molar-refractivity contribution in [1.29, 1.82) is 0 Å². The van der Waals surface area contributed by atoms with Crippen molar-refractivity contribution in [2.24, 2.45) is 5.92 Å². The van der Waals surface area contributed by atoms with Gasteiger partial charge in [0.1, 0.15) is 6.61 Å². The van der Waals surface area contributed by atoms with Gasteiger partial charge in [0.05, 0.1) is 0 Å². The van der Waals surface area contributed by atoms with Crippen molar-refractivity contribution in [3.05, 3.63) is 34.9 Å². The first-order valence-corrected chi connectivity index (χ1v) is 7.19. The summed E-state index contributed by atoms with van der Waals surface area (Å²) in [6.07, 6.45) is 5.01. The third-order valence-electron chi connectivity index (χ3n) is 3.82. The zero-order chi connectivity index (χ0) is 14.4. The zero-order valence-corrected chi connectivity index (χ0v) is 11.9. The molecule has 1 fully saturated rings. The molecule has 2 N–H and O–H groups in total. The SMILES string of the molecule is Cc1ccc(C#CCO)cc1C(=O)NCC1CCCC1. The van der Waals surface area contributed by atoms with E-state index in [-0.39, 0.29) is 12.5 Å². The Morgan fingerprint density at radius 2 is 2.15 bits per heavy atom. The number of amides is 1. The molecule has 0 atom stereocenters. The van der Waals surface area contributed by atoms with E-state index in [1.54, 1.807) is 6.07 Å². The topological polar surface area (TPSA) is 49.3 Å². The summed E-state index contributed by atoms with van der Waals surface area (Å²) in [6, 6.07) is 5.56. The van der Waals surface area contributed by atoms with Gasteiger partial charge in [-0.3, -0.25) is 4.79 Å². The molecule has 0 aliphatic heterocycles. The van der Waals surface area contributed by atoms with E-state index >= 15 is 0 Å². The molecule has 0 aromatic heterocycles. The molecule has 2 rings (SSSR count). The Balaban J connectivity index is 2.03. The minimum Gasteiger partial charge on any atom is -0.384 e. The van der Waals surface area contributed by atoms with Crippen LogP contribution in [0.1, 0.15) is 47.2 Å². The maximum atomic E-state index is 12.2. The number of hydrogen-bond acceptors (Lipinski definition) is 2. The van der Waals surface area contributed by atoms with Gasteiger partial charge in [0.15, 0.2) is 0 Å². The fourth-order valence-corrected chi connectivity index (χ4v) is 2.63. The van der Waals surface area contributed by atoms with E-state index in [1.807, 2.05) is 19.1 Å². The summed E-state index contributed by atoms with van der Waals surface area (Å²) in [5.41, 5.74) is 2.38. The van der Waals surface area contributed by atoms with Crippen molar-refractivity contribution in [1.82, 2.24) is 5.32 Å². The molecule has 3 heteroatoms. The molecule has 0 spiro atoms. The fourth-order valence-electron chi connectivity index (χ4n) is 2.63. The van der Waals surface area contributed by atoms with E-state index < -0.39 is 0 Å². The first-order chi connectivity index (χ1) is 9.70. The summed E-state index contributed by atoms with van der Waals surface area (Å²) in [7, 11) is 0. The predicted molar refractivity (Wildman–Crippen MR) is 79.4 cm³/mol. The highest BCUT2D eigenvalue weighted by atomic mass is 16.2. The van der Waals surface area contributed by atoms with Crippen LogP contribution < -0.4 is 5.32 Å². The van der Waals surface area contributed by atoms with Crippen LogP contribution in [0.4, 0.5) is 0 Å². The van der Waals surface area contributed by atoms with Gasteiger partial charge >= 0.3 is 0 Å². The Morgan fingerprint density at radius 3 is 2.85 bits per heavy atom. The minimum absolute atomic E-state index is 0.0259. The number of benzene rings is 1. The molecule has 106 valence electrons. The van der Waals surface area contributed by atoms with Gasteiger partial charge < -0.3 is 10.4 Å². The van der Waals surface area contributed by atoms with Crippen LogP contribution in [-0.4, -0.2) is 24.2 Å². The maximum absolute atomic E-state index is 12.2. The number of nitrogens with one attached hydrogen (secondary N) is 1. The van der Waals surface area contributed by atoms with E-state index in [2.05, 4.69) is 17.2 Å². The first-order valence-electron chi connectivity index (χ1n) is 7.19. The molecule has 1 aliphatic carbocycles. The summed E-state index contributed by atoms with van der Waals surface area (Å²) in [5.74, 6) is 6.04. The van der Waals surface area contributed by atoms with E-state index in [0.717, 1.165) is 17.7 Å². The van der Waals surface area contributed by atoms with Crippen LogP contribution in [0.3, 0.4) is 0 Å². The van der Waals surface area contributed by atoms with E-state index in [4.69, 9.17) is 5.11 Å². The lowest BCUT2D eigenvalue weighted by Gasteiger charge is -2.12. The molecule has 1 aromatic carbocycles. The van der Waals surface area contributed by atoms with Crippen LogP contribution >= 0.6 is 0 Å². The third kappa shape index (κ3) is 3.85. The Hall–Kier alpha value is -1.79. The highest BCUT2D eigenvalue weighted by Gasteiger charge is 2.16. The number of rotatable bonds is 3. The van der Waals surface area contributed by atoms with Gasteiger partial charge in [0.25, 0.3) is 5.91 Å². The van der Waals surface area contributed by atoms with Crippen molar-refractivity contribution in [3.8, 4) is 11.8 Å². The number of aliphatic hydroxyl groups is 1. The summed E-state index contributed by atoms with van der Waals surface area (Å²) in [6.45, 7) is 2.52. The van der Waals surface area contributed by atoms with Crippen LogP contribution in [0.25, 0.3) is 0 Å². The van der Waals surface area contributed by atoms with Crippen molar-refractivity contribution >= 4 is 5.91 Å². The lowest BCUT2D eigenvalue weighted by atomic mass is 10.0. The van der Waals surface area contributed by atoms with Gasteiger partial charge in [0.2, 0.25) is 0 Å². The first kappa shape index (κ1) is 14.6. The quantitative estimate of drug-likeness (QED) is 0.828. The van der Waals surface area contributed by atoms with Crippen molar-refractivity contribution < 1.29 is 9.90 Å². The molecule has 0 radical (unpaired) electrons. The number of aryl methyl sites for hydroxylation is 1. The van der Waals surface area contributed by atoms with Crippen molar-refractivity contribution in [2.45, 2.75) is 32.6 Å². The van der Waals surface area contributed by atoms with Crippen molar-refractivity contribution in [3.63, 3.8) is 0 Å². The normalized spacial score (nSPS) is 14.7. The molecular weight excluding hydrogens is 250 g/mol. The monoisotopic (exact) mass is 271 g/mol. The third-order valence-corrected chi connectivity index (χ3v) is 3.82. The molecule has 1 aromatic rings. The lowest BCUT2D eigenvalue weighted by molar-refractivity contribution is 0.0946. The summed E-state index contributed by atoms with van der Waals surface area (Å²) >= 11 is 0. The smallest absolute Gasteiger partial charge is 0.251 e. The summed E-state index contributed by atoms with van der Waals surface area (Å²) < 4.78 is 0. The minimum atomic E-state index is -0.170. The summed E-state index contributed by atoms with van der Waals surface area (Å²) in [4.78, 5) is 12.2. The van der Waals surface area contributed by atoms with Crippen LogP contribution in [-0.2, 0) is 0 Å². The fraction of sp³-hybridized carbons (Fsp3) is 0.471. The van der Waals surface area contributed by atoms with E-state index in [1.165, 1.54) is 25.7 Å². The molecule has 0 saturated heterocycles. The molecule has 0 bridgehead atoms. The van der Waals surface area contributed by atoms with Gasteiger partial charge in [-0.1, -0.05) is 30.7 Å². The molecule has 0 unspecified atom stereocenters. The molecule has 1 aliphatic rings. The Kier molecular flexibility index (Phi) is 5.20. The largest absolute Gasteiger partial charge is 0.384 e. The standard InChI is InChI=1S/C17H21NO2/c1-13-8-9-14(7-4-10-19)11-16(13)17(20)18-12-15-5-2-3-6-15/h8-9,11,15,19H,2-3,5-6,10,12H2,1H3,(H,18,20). The molecule has 1 saturated carbocycles. The average Bonchev–Trinajstić information content (AvgIpc) is 2.97. The Bertz CT molecular complexity index is 534. The molecule has 3 nitrogen and oxygen atoms in total. The predicted octanol–water partition coefficient (Wildman–Crippen LogP) is 2.26.